The van der Waals surface area contributed by atoms with E-state index in [9.17, 15) is 13.2 Å². The first kappa shape index (κ1) is 21.3. The van der Waals surface area contributed by atoms with Crippen LogP contribution in [-0.4, -0.2) is 51.9 Å². The van der Waals surface area contributed by atoms with Crippen molar-refractivity contribution in [3.63, 3.8) is 0 Å². The summed E-state index contributed by atoms with van der Waals surface area (Å²) in [4.78, 5) is 15.0. The van der Waals surface area contributed by atoms with Crippen LogP contribution in [0.3, 0.4) is 0 Å². The van der Waals surface area contributed by atoms with Gasteiger partial charge in [0.15, 0.2) is 0 Å². The zero-order chi connectivity index (χ0) is 20.9. The lowest BCUT2D eigenvalue weighted by Gasteiger charge is -2.19. The fourth-order valence-corrected chi connectivity index (χ4v) is 5.05. The Morgan fingerprint density at radius 3 is 2.48 bits per heavy atom. The molecular weight excluding hydrogens is 386 g/mol. The molecule has 0 aromatic heterocycles. The van der Waals surface area contributed by atoms with Gasteiger partial charge in [0.1, 0.15) is 0 Å². The van der Waals surface area contributed by atoms with Gasteiger partial charge in [-0.1, -0.05) is 24.3 Å². The molecule has 2 aromatic carbocycles. The third-order valence-corrected chi connectivity index (χ3v) is 7.20. The summed E-state index contributed by atoms with van der Waals surface area (Å²) in [6.07, 6.45) is 2.56. The van der Waals surface area contributed by atoms with Crippen LogP contribution in [0.5, 0.6) is 0 Å². The van der Waals surface area contributed by atoms with Crippen LogP contribution in [0, 0.1) is 6.92 Å². The molecule has 1 saturated heterocycles. The largest absolute Gasteiger partial charge is 0.375 e. The van der Waals surface area contributed by atoms with Crippen molar-refractivity contribution in [3.05, 3.63) is 59.7 Å². The van der Waals surface area contributed by atoms with E-state index in [4.69, 9.17) is 0 Å². The lowest BCUT2D eigenvalue weighted by atomic mass is 10.1. The summed E-state index contributed by atoms with van der Waals surface area (Å²) in [5.74, 6) is -0.233. The van der Waals surface area contributed by atoms with Crippen molar-refractivity contribution >= 4 is 21.6 Å². The van der Waals surface area contributed by atoms with Gasteiger partial charge in [-0.05, 0) is 56.0 Å². The third-order valence-electron chi connectivity index (χ3n) is 5.31. The van der Waals surface area contributed by atoms with Crippen molar-refractivity contribution < 1.29 is 13.2 Å². The van der Waals surface area contributed by atoms with Gasteiger partial charge in [0.2, 0.25) is 10.0 Å². The maximum absolute atomic E-state index is 12.8. The first-order valence-electron chi connectivity index (χ1n) is 10.0. The molecule has 1 aliphatic rings. The van der Waals surface area contributed by atoms with Gasteiger partial charge in [0, 0.05) is 44.5 Å². The van der Waals surface area contributed by atoms with Crippen LogP contribution in [0.25, 0.3) is 0 Å². The van der Waals surface area contributed by atoms with Gasteiger partial charge in [-0.2, -0.15) is 4.31 Å². The standard InChI is InChI=1S/C22H29N3O3S/c1-18-11-12-20(29(27,28)25-15-6-7-16-25)17-21(18)22(26)23-13-8-14-24(2)19-9-4-3-5-10-19/h3-5,9-12,17H,6-8,13-16H2,1-2H3,(H,23,26). The number of amides is 1. The van der Waals surface area contributed by atoms with E-state index < -0.39 is 10.0 Å². The molecule has 3 rings (SSSR count). The maximum atomic E-state index is 12.8. The molecule has 0 aliphatic carbocycles. The highest BCUT2D eigenvalue weighted by molar-refractivity contribution is 7.89. The number of nitrogens with zero attached hydrogens (tertiary/aromatic N) is 2. The number of rotatable bonds is 8. The number of para-hydroxylation sites is 1. The van der Waals surface area contributed by atoms with Crippen molar-refractivity contribution in [2.24, 2.45) is 0 Å². The highest BCUT2D eigenvalue weighted by atomic mass is 32.2. The van der Waals surface area contributed by atoms with Crippen molar-refractivity contribution in [1.82, 2.24) is 9.62 Å². The molecule has 1 amide bonds. The summed E-state index contributed by atoms with van der Waals surface area (Å²) in [5, 5.41) is 2.92. The van der Waals surface area contributed by atoms with Gasteiger partial charge < -0.3 is 10.2 Å². The minimum absolute atomic E-state index is 0.193. The van der Waals surface area contributed by atoms with Crippen LogP contribution in [0.1, 0.15) is 35.2 Å². The smallest absolute Gasteiger partial charge is 0.251 e. The molecule has 0 spiro atoms. The van der Waals surface area contributed by atoms with E-state index in [1.165, 1.54) is 10.4 Å². The molecule has 0 atom stereocenters. The van der Waals surface area contributed by atoms with Crippen LogP contribution in [0.2, 0.25) is 0 Å². The topological polar surface area (TPSA) is 69.7 Å². The molecule has 0 unspecified atom stereocenters. The van der Waals surface area contributed by atoms with Gasteiger partial charge in [-0.25, -0.2) is 8.42 Å². The summed E-state index contributed by atoms with van der Waals surface area (Å²) in [6, 6.07) is 14.9. The Labute approximate surface area is 173 Å². The van der Waals surface area contributed by atoms with Gasteiger partial charge >= 0.3 is 0 Å². The number of benzene rings is 2. The Balaban J connectivity index is 1.59. The van der Waals surface area contributed by atoms with Crippen LogP contribution in [-0.2, 0) is 10.0 Å². The van der Waals surface area contributed by atoms with Crippen molar-refractivity contribution in [3.8, 4) is 0 Å². The number of hydrogen-bond acceptors (Lipinski definition) is 4. The predicted octanol–water partition coefficient (Wildman–Crippen LogP) is 3.04. The minimum Gasteiger partial charge on any atom is -0.375 e. The Morgan fingerprint density at radius 2 is 1.79 bits per heavy atom. The van der Waals surface area contributed by atoms with Crippen molar-refractivity contribution in [2.45, 2.75) is 31.1 Å². The summed E-state index contributed by atoms with van der Waals surface area (Å²) in [6.45, 7) is 4.26. The molecule has 29 heavy (non-hydrogen) atoms. The van der Waals surface area contributed by atoms with E-state index in [0.717, 1.165) is 37.1 Å². The van der Waals surface area contributed by atoms with Crippen LogP contribution in [0.4, 0.5) is 5.69 Å². The number of carbonyl (C=O) groups is 1. The number of carbonyl (C=O) groups excluding carboxylic acids is 1. The molecule has 1 N–H and O–H groups in total. The average Bonchev–Trinajstić information content (AvgIpc) is 3.27. The van der Waals surface area contributed by atoms with E-state index in [2.05, 4.69) is 10.2 Å². The second kappa shape index (κ2) is 9.41. The highest BCUT2D eigenvalue weighted by Crippen LogP contribution is 2.23. The van der Waals surface area contributed by atoms with Gasteiger partial charge in [0.05, 0.1) is 4.90 Å². The molecule has 156 valence electrons. The third kappa shape index (κ3) is 5.16. The van der Waals surface area contributed by atoms with Crippen molar-refractivity contribution in [1.29, 1.82) is 0 Å². The summed E-state index contributed by atoms with van der Waals surface area (Å²) >= 11 is 0. The minimum atomic E-state index is -3.53. The Kier molecular flexibility index (Phi) is 6.92. The van der Waals surface area contributed by atoms with Gasteiger partial charge in [0.25, 0.3) is 5.91 Å². The quantitative estimate of drug-likeness (QED) is 0.673. The molecule has 1 aliphatic heterocycles. The lowest BCUT2D eigenvalue weighted by Crippen LogP contribution is -2.30. The van der Waals surface area contributed by atoms with Crippen LogP contribution >= 0.6 is 0 Å². The molecule has 0 saturated carbocycles. The average molecular weight is 416 g/mol. The highest BCUT2D eigenvalue weighted by Gasteiger charge is 2.28. The second-order valence-corrected chi connectivity index (χ2v) is 9.39. The molecule has 2 aromatic rings. The zero-order valence-corrected chi connectivity index (χ0v) is 17.9. The number of anilines is 1. The van der Waals surface area contributed by atoms with E-state index in [0.29, 0.717) is 25.2 Å². The first-order chi connectivity index (χ1) is 13.9. The first-order valence-corrected chi connectivity index (χ1v) is 11.5. The van der Waals surface area contributed by atoms with Crippen LogP contribution < -0.4 is 10.2 Å². The normalized spacial score (nSPS) is 14.7. The zero-order valence-electron chi connectivity index (χ0n) is 17.1. The Bertz CT molecular complexity index is 939. The number of sulfonamides is 1. The molecule has 0 bridgehead atoms. The number of nitrogens with one attached hydrogen (secondary N) is 1. The number of aryl methyl sites for hydroxylation is 1. The van der Waals surface area contributed by atoms with Gasteiger partial charge in [-0.3, -0.25) is 4.79 Å². The summed E-state index contributed by atoms with van der Waals surface area (Å²) in [5.41, 5.74) is 2.32. The molecule has 1 heterocycles. The van der Waals surface area contributed by atoms with E-state index in [-0.39, 0.29) is 10.8 Å². The monoisotopic (exact) mass is 415 g/mol. The SMILES string of the molecule is Cc1ccc(S(=O)(=O)N2CCCC2)cc1C(=O)NCCCN(C)c1ccccc1. The molecule has 7 heteroatoms. The van der Waals surface area contributed by atoms with Gasteiger partial charge in [-0.15, -0.1) is 0 Å². The van der Waals surface area contributed by atoms with Crippen molar-refractivity contribution in [2.75, 3.05) is 38.1 Å². The Hall–Kier alpha value is -2.38. The second-order valence-electron chi connectivity index (χ2n) is 7.45. The van der Waals surface area contributed by atoms with E-state index in [1.807, 2.05) is 44.3 Å². The van der Waals surface area contributed by atoms with E-state index >= 15 is 0 Å². The van der Waals surface area contributed by atoms with E-state index in [1.54, 1.807) is 12.1 Å². The lowest BCUT2D eigenvalue weighted by molar-refractivity contribution is 0.0952. The summed E-state index contributed by atoms with van der Waals surface area (Å²) < 4.78 is 27.1. The molecular formula is C22H29N3O3S. The predicted molar refractivity (Wildman–Crippen MR) is 116 cm³/mol. The summed E-state index contributed by atoms with van der Waals surface area (Å²) in [7, 11) is -1.51. The van der Waals surface area contributed by atoms with Crippen LogP contribution in [0.15, 0.2) is 53.4 Å². The Morgan fingerprint density at radius 1 is 1.10 bits per heavy atom. The molecule has 1 fully saturated rings. The maximum Gasteiger partial charge on any atom is 0.251 e. The fourth-order valence-electron chi connectivity index (χ4n) is 3.51. The number of hydrogen-bond donors (Lipinski definition) is 1. The fraction of sp³-hybridized carbons (Fsp3) is 0.409. The molecule has 6 nitrogen and oxygen atoms in total. The molecule has 0 radical (unpaired) electrons.